The standard InChI is InChI=1S/C29H25N3O5S/c1-16-11-12-17-7-6-10-23(24(17)30-16)37-15-20-22(36-2)14-13-21(27(20)38-3)31-29(35)25-26(33)18-8-4-5-9-19(18)28(34)32-25/h4-14,33H,15H2,1-3H3,(H,31,35)(H,32,34). The molecule has 0 spiro atoms. The minimum Gasteiger partial charge on any atom is -0.505 e. The number of nitrogens with zero attached hydrogens (tertiary/aromatic N) is 1. The first kappa shape index (κ1) is 25.2. The van der Waals surface area contributed by atoms with Gasteiger partial charge in [0.05, 0.1) is 18.2 Å². The van der Waals surface area contributed by atoms with Crippen molar-refractivity contribution in [1.29, 1.82) is 0 Å². The third kappa shape index (κ3) is 4.64. The molecule has 0 saturated heterocycles. The maximum atomic E-state index is 13.2. The largest absolute Gasteiger partial charge is 0.505 e. The van der Waals surface area contributed by atoms with Gasteiger partial charge >= 0.3 is 0 Å². The highest BCUT2D eigenvalue weighted by Crippen LogP contribution is 2.37. The quantitative estimate of drug-likeness (QED) is 0.234. The fourth-order valence-corrected chi connectivity index (χ4v) is 5.11. The van der Waals surface area contributed by atoms with Gasteiger partial charge in [0, 0.05) is 26.9 Å². The molecule has 0 unspecified atom stereocenters. The smallest absolute Gasteiger partial charge is 0.276 e. The number of rotatable bonds is 7. The lowest BCUT2D eigenvalue weighted by Crippen LogP contribution is -2.20. The zero-order valence-electron chi connectivity index (χ0n) is 21.0. The van der Waals surface area contributed by atoms with Crippen LogP contribution in [0.3, 0.4) is 0 Å². The highest BCUT2D eigenvalue weighted by Gasteiger charge is 2.21. The van der Waals surface area contributed by atoms with Crippen molar-refractivity contribution in [3.63, 3.8) is 0 Å². The molecule has 0 atom stereocenters. The number of methoxy groups -OCH3 is 1. The Morgan fingerprint density at radius 2 is 1.82 bits per heavy atom. The molecule has 1 amide bonds. The number of aromatic hydroxyl groups is 1. The second kappa shape index (κ2) is 10.5. The Morgan fingerprint density at radius 3 is 2.58 bits per heavy atom. The summed E-state index contributed by atoms with van der Waals surface area (Å²) in [7, 11) is 1.57. The van der Waals surface area contributed by atoms with Gasteiger partial charge in [0.15, 0.2) is 11.4 Å². The number of pyridine rings is 2. The second-order valence-corrected chi connectivity index (χ2v) is 9.39. The number of anilines is 1. The van der Waals surface area contributed by atoms with Crippen molar-refractivity contribution in [2.24, 2.45) is 0 Å². The van der Waals surface area contributed by atoms with Gasteiger partial charge in [-0.2, -0.15) is 0 Å². The Balaban J connectivity index is 1.49. The van der Waals surface area contributed by atoms with Crippen LogP contribution < -0.4 is 20.3 Å². The number of carbonyl (C=O) groups is 1. The number of nitrogens with one attached hydrogen (secondary N) is 2. The number of ether oxygens (including phenoxy) is 2. The number of aromatic amines is 1. The van der Waals surface area contributed by atoms with Gasteiger partial charge in [-0.15, -0.1) is 11.8 Å². The van der Waals surface area contributed by atoms with Gasteiger partial charge in [-0.05, 0) is 43.5 Å². The van der Waals surface area contributed by atoms with E-state index in [4.69, 9.17) is 9.47 Å². The summed E-state index contributed by atoms with van der Waals surface area (Å²) in [5.74, 6) is 0.290. The number of aromatic nitrogens is 2. The molecular formula is C29H25N3O5S. The number of fused-ring (bicyclic) bond motifs is 2. The molecule has 192 valence electrons. The molecule has 0 aliphatic rings. The van der Waals surface area contributed by atoms with Crippen molar-refractivity contribution in [2.75, 3.05) is 18.7 Å². The summed E-state index contributed by atoms with van der Waals surface area (Å²) in [6, 6.07) is 19.7. The average molecular weight is 528 g/mol. The Bertz CT molecular complexity index is 1750. The van der Waals surface area contributed by atoms with Gasteiger partial charge in [-0.1, -0.05) is 36.4 Å². The van der Waals surface area contributed by atoms with E-state index in [0.717, 1.165) is 27.1 Å². The number of aryl methyl sites for hydroxylation is 1. The molecule has 5 rings (SSSR count). The number of carbonyl (C=O) groups excluding carboxylic acids is 1. The topological polar surface area (TPSA) is 114 Å². The summed E-state index contributed by atoms with van der Waals surface area (Å²) in [5, 5.41) is 15.1. The number of hydrogen-bond donors (Lipinski definition) is 3. The monoisotopic (exact) mass is 527 g/mol. The Hall–Kier alpha value is -4.50. The van der Waals surface area contributed by atoms with Crippen LogP contribution in [0, 0.1) is 6.92 Å². The molecular weight excluding hydrogens is 502 g/mol. The van der Waals surface area contributed by atoms with E-state index in [-0.39, 0.29) is 18.1 Å². The summed E-state index contributed by atoms with van der Waals surface area (Å²) in [6.45, 7) is 2.09. The molecule has 0 radical (unpaired) electrons. The van der Waals surface area contributed by atoms with Crippen molar-refractivity contribution in [3.8, 4) is 17.2 Å². The number of thioether (sulfide) groups is 1. The Kier molecular flexibility index (Phi) is 6.93. The van der Waals surface area contributed by atoms with Gasteiger partial charge in [0.1, 0.15) is 23.6 Å². The van der Waals surface area contributed by atoms with Crippen LogP contribution in [0.2, 0.25) is 0 Å². The third-order valence-electron chi connectivity index (χ3n) is 6.21. The highest BCUT2D eigenvalue weighted by molar-refractivity contribution is 7.98. The van der Waals surface area contributed by atoms with Crippen molar-refractivity contribution in [2.45, 2.75) is 18.4 Å². The lowest BCUT2D eigenvalue weighted by molar-refractivity contribution is 0.101. The predicted molar refractivity (Wildman–Crippen MR) is 150 cm³/mol. The summed E-state index contributed by atoms with van der Waals surface area (Å²) >= 11 is 1.42. The third-order valence-corrected chi connectivity index (χ3v) is 7.09. The molecule has 38 heavy (non-hydrogen) atoms. The van der Waals surface area contributed by atoms with Crippen LogP contribution >= 0.6 is 11.8 Å². The molecule has 0 fully saturated rings. The minimum atomic E-state index is -0.647. The van der Waals surface area contributed by atoms with E-state index in [9.17, 15) is 14.7 Å². The van der Waals surface area contributed by atoms with Crippen LogP contribution in [-0.2, 0) is 6.61 Å². The van der Waals surface area contributed by atoms with Crippen LogP contribution in [-0.4, -0.2) is 34.3 Å². The average Bonchev–Trinajstić information content (AvgIpc) is 2.93. The summed E-state index contributed by atoms with van der Waals surface area (Å²) < 4.78 is 11.8. The maximum Gasteiger partial charge on any atom is 0.276 e. The van der Waals surface area contributed by atoms with E-state index in [1.807, 2.05) is 43.5 Å². The van der Waals surface area contributed by atoms with Crippen molar-refractivity contribution in [1.82, 2.24) is 9.97 Å². The summed E-state index contributed by atoms with van der Waals surface area (Å²) in [6.07, 6.45) is 1.88. The van der Waals surface area contributed by atoms with Crippen LogP contribution in [0.4, 0.5) is 5.69 Å². The zero-order valence-corrected chi connectivity index (χ0v) is 21.8. The molecule has 0 saturated carbocycles. The molecule has 3 N–H and O–H groups in total. The van der Waals surface area contributed by atoms with Gasteiger partial charge in [-0.3, -0.25) is 9.59 Å². The van der Waals surface area contributed by atoms with Crippen molar-refractivity contribution >= 4 is 45.0 Å². The molecule has 5 aromatic rings. The zero-order chi connectivity index (χ0) is 26.8. The van der Waals surface area contributed by atoms with Gasteiger partial charge in [-0.25, -0.2) is 4.98 Å². The molecule has 8 nitrogen and oxygen atoms in total. The molecule has 0 aliphatic carbocycles. The lowest BCUT2D eigenvalue weighted by atomic mass is 10.1. The number of hydrogen-bond acceptors (Lipinski definition) is 7. The SMILES string of the molecule is COc1ccc(NC(=O)c2[nH]c(=O)c3ccccc3c2O)c(SC)c1COc1cccc2ccc(C)nc12. The maximum absolute atomic E-state index is 13.2. The first-order valence-electron chi connectivity index (χ1n) is 11.8. The van der Waals surface area contributed by atoms with E-state index in [1.165, 1.54) is 11.8 Å². The van der Waals surface area contributed by atoms with Crippen molar-refractivity contribution in [3.05, 3.63) is 94.0 Å². The van der Waals surface area contributed by atoms with Crippen LogP contribution in [0.1, 0.15) is 21.7 Å². The second-order valence-electron chi connectivity index (χ2n) is 8.57. The van der Waals surface area contributed by atoms with Gasteiger partial charge < -0.3 is 24.9 Å². The van der Waals surface area contributed by atoms with Crippen LogP contribution in [0.15, 0.2) is 76.4 Å². The van der Waals surface area contributed by atoms with Crippen LogP contribution in [0.5, 0.6) is 17.2 Å². The first-order valence-corrected chi connectivity index (χ1v) is 13.0. The number of benzene rings is 3. The molecule has 0 bridgehead atoms. The fourth-order valence-electron chi connectivity index (χ4n) is 4.36. The molecule has 9 heteroatoms. The molecule has 3 aromatic carbocycles. The lowest BCUT2D eigenvalue weighted by Gasteiger charge is -2.18. The Labute approximate surface area is 222 Å². The Morgan fingerprint density at radius 1 is 1.03 bits per heavy atom. The van der Waals surface area contributed by atoms with Gasteiger partial charge in [0.25, 0.3) is 11.5 Å². The summed E-state index contributed by atoms with van der Waals surface area (Å²) in [4.78, 5) is 33.6. The summed E-state index contributed by atoms with van der Waals surface area (Å²) in [5.41, 5.74) is 2.19. The highest BCUT2D eigenvalue weighted by atomic mass is 32.2. The minimum absolute atomic E-state index is 0.163. The number of para-hydroxylation sites is 1. The van der Waals surface area contributed by atoms with E-state index >= 15 is 0 Å². The van der Waals surface area contributed by atoms with E-state index in [0.29, 0.717) is 28.0 Å². The first-order chi connectivity index (χ1) is 18.4. The predicted octanol–water partition coefficient (Wildman–Crippen LogP) is 5.65. The van der Waals surface area contributed by atoms with E-state index in [1.54, 1.807) is 43.5 Å². The molecule has 2 heterocycles. The van der Waals surface area contributed by atoms with E-state index in [2.05, 4.69) is 15.3 Å². The number of H-pyrrole nitrogens is 1. The van der Waals surface area contributed by atoms with Crippen LogP contribution in [0.25, 0.3) is 21.7 Å². The molecule has 2 aromatic heterocycles. The van der Waals surface area contributed by atoms with Gasteiger partial charge in [0.2, 0.25) is 0 Å². The van der Waals surface area contributed by atoms with E-state index < -0.39 is 11.5 Å². The molecule has 0 aliphatic heterocycles. The fraction of sp³-hybridized carbons (Fsp3) is 0.138. The van der Waals surface area contributed by atoms with Crippen molar-refractivity contribution < 1.29 is 19.4 Å². The number of amides is 1. The normalized spacial score (nSPS) is 11.0.